The Morgan fingerprint density at radius 1 is 1.39 bits per heavy atom. The minimum atomic E-state index is -0.956. The van der Waals surface area contributed by atoms with E-state index in [1.54, 1.807) is 0 Å². The molecular formula is C13H15N3O2. The number of nitrogens with two attached hydrogens (primary N) is 1. The molecule has 2 rings (SSSR count). The number of methoxy groups -OCH3 is 1. The van der Waals surface area contributed by atoms with E-state index in [0.29, 0.717) is 24.3 Å². The molecule has 1 aliphatic carbocycles. The average molecular weight is 245 g/mol. The zero-order valence-corrected chi connectivity index (χ0v) is 10.5. The fourth-order valence-electron chi connectivity index (χ4n) is 2.60. The maximum Gasteiger partial charge on any atom is 0.236 e. The predicted octanol–water partition coefficient (Wildman–Crippen LogP) is 1.69. The van der Waals surface area contributed by atoms with Crippen LogP contribution in [-0.2, 0) is 9.47 Å². The van der Waals surface area contributed by atoms with E-state index >= 15 is 0 Å². The quantitative estimate of drug-likeness (QED) is 0.758. The maximum absolute atomic E-state index is 9.29. The topological polar surface area (TPSA) is 92.1 Å². The van der Waals surface area contributed by atoms with Gasteiger partial charge in [0, 0.05) is 19.1 Å². The first-order chi connectivity index (χ1) is 8.57. The molecule has 0 bridgehead atoms. The van der Waals surface area contributed by atoms with Crippen molar-refractivity contribution in [2.24, 2.45) is 11.7 Å². The molecule has 1 saturated carbocycles. The highest BCUT2D eigenvalue weighted by Crippen LogP contribution is 2.46. The standard InChI is InChI=1S/C13H15N3O2/c1-8-3-4-13(17-2)11(5-8)9(6-14)10(7-15)12(16)18-13/h8H,3-5,16H2,1-2H3/t8-,13+/m1/s1. The lowest BCUT2D eigenvalue weighted by Gasteiger charge is -2.42. The number of allylic oxidation sites excluding steroid dienone is 2. The number of ether oxygens (including phenoxy) is 2. The molecule has 5 heteroatoms. The molecule has 2 N–H and O–H groups in total. The second-order valence-electron chi connectivity index (χ2n) is 4.72. The van der Waals surface area contributed by atoms with E-state index in [1.807, 2.05) is 6.07 Å². The molecule has 0 amide bonds. The van der Waals surface area contributed by atoms with Crippen molar-refractivity contribution in [3.05, 3.63) is 22.6 Å². The van der Waals surface area contributed by atoms with Crippen molar-refractivity contribution in [1.82, 2.24) is 0 Å². The molecule has 0 spiro atoms. The minimum absolute atomic E-state index is 0.0193. The van der Waals surface area contributed by atoms with Crippen molar-refractivity contribution in [1.29, 1.82) is 10.5 Å². The Kier molecular flexibility index (Phi) is 3.02. The number of nitrogens with zero attached hydrogens (tertiary/aromatic N) is 2. The van der Waals surface area contributed by atoms with Crippen LogP contribution in [0.5, 0.6) is 0 Å². The molecule has 0 aromatic rings. The SMILES string of the molecule is CO[C@]12CC[C@@H](C)CC1=C(C#N)C(C#N)=C(N)O2. The summed E-state index contributed by atoms with van der Waals surface area (Å²) in [7, 11) is 1.54. The summed E-state index contributed by atoms with van der Waals surface area (Å²) in [6, 6.07) is 4.01. The predicted molar refractivity (Wildman–Crippen MR) is 63.3 cm³/mol. The Morgan fingerprint density at radius 2 is 2.06 bits per heavy atom. The van der Waals surface area contributed by atoms with Gasteiger partial charge in [0.2, 0.25) is 11.7 Å². The Bertz CT molecular complexity index is 521. The molecule has 2 aliphatic rings. The molecule has 0 saturated heterocycles. The van der Waals surface area contributed by atoms with Gasteiger partial charge in [0.25, 0.3) is 0 Å². The zero-order valence-electron chi connectivity index (χ0n) is 10.5. The molecule has 1 heterocycles. The first-order valence-corrected chi connectivity index (χ1v) is 5.86. The lowest BCUT2D eigenvalue weighted by molar-refractivity contribution is -0.190. The van der Waals surface area contributed by atoms with Crippen molar-refractivity contribution in [2.45, 2.75) is 32.0 Å². The van der Waals surface area contributed by atoms with Gasteiger partial charge in [0.1, 0.15) is 17.7 Å². The highest BCUT2D eigenvalue weighted by Gasteiger charge is 2.47. The molecule has 5 nitrogen and oxygen atoms in total. The fourth-order valence-corrected chi connectivity index (χ4v) is 2.60. The number of hydrogen-bond acceptors (Lipinski definition) is 5. The largest absolute Gasteiger partial charge is 0.442 e. The van der Waals surface area contributed by atoms with Gasteiger partial charge in [-0.2, -0.15) is 10.5 Å². The van der Waals surface area contributed by atoms with Crippen LogP contribution in [0.3, 0.4) is 0 Å². The van der Waals surface area contributed by atoms with Crippen LogP contribution in [-0.4, -0.2) is 12.9 Å². The average Bonchev–Trinajstić information content (AvgIpc) is 2.37. The molecule has 1 aliphatic heterocycles. The van der Waals surface area contributed by atoms with Crippen LogP contribution in [0, 0.1) is 28.6 Å². The van der Waals surface area contributed by atoms with E-state index in [0.717, 1.165) is 12.0 Å². The lowest BCUT2D eigenvalue weighted by atomic mass is 9.77. The molecule has 2 atom stereocenters. The van der Waals surface area contributed by atoms with Gasteiger partial charge >= 0.3 is 0 Å². The Labute approximate surface area is 106 Å². The van der Waals surface area contributed by atoms with Gasteiger partial charge in [-0.1, -0.05) is 6.92 Å². The molecule has 1 fully saturated rings. The van der Waals surface area contributed by atoms with Gasteiger partial charge in [-0.3, -0.25) is 0 Å². The second kappa shape index (κ2) is 4.36. The molecule has 0 aromatic carbocycles. The Hall–Kier alpha value is -1.98. The third-order valence-electron chi connectivity index (χ3n) is 3.60. The van der Waals surface area contributed by atoms with Crippen molar-refractivity contribution >= 4 is 0 Å². The van der Waals surface area contributed by atoms with E-state index in [2.05, 4.69) is 13.0 Å². The van der Waals surface area contributed by atoms with E-state index in [-0.39, 0.29) is 11.5 Å². The number of hydrogen-bond donors (Lipinski definition) is 1. The monoisotopic (exact) mass is 245 g/mol. The van der Waals surface area contributed by atoms with E-state index < -0.39 is 5.79 Å². The van der Waals surface area contributed by atoms with Crippen LogP contribution >= 0.6 is 0 Å². The molecule has 0 aromatic heterocycles. The zero-order chi connectivity index (χ0) is 13.3. The van der Waals surface area contributed by atoms with Gasteiger partial charge < -0.3 is 15.2 Å². The van der Waals surface area contributed by atoms with Gasteiger partial charge in [-0.15, -0.1) is 0 Å². The van der Waals surface area contributed by atoms with Crippen molar-refractivity contribution in [2.75, 3.05) is 7.11 Å². The Morgan fingerprint density at radius 3 is 2.61 bits per heavy atom. The summed E-state index contributed by atoms with van der Waals surface area (Å²) in [6.07, 6.45) is 2.27. The van der Waals surface area contributed by atoms with E-state index in [4.69, 9.17) is 20.5 Å². The molecule has 0 radical (unpaired) electrons. The van der Waals surface area contributed by atoms with Crippen LogP contribution in [0.4, 0.5) is 0 Å². The highest BCUT2D eigenvalue weighted by atomic mass is 16.7. The summed E-state index contributed by atoms with van der Waals surface area (Å²) >= 11 is 0. The van der Waals surface area contributed by atoms with Crippen molar-refractivity contribution in [3.8, 4) is 12.1 Å². The van der Waals surface area contributed by atoms with Crippen LogP contribution in [0.2, 0.25) is 0 Å². The first kappa shape index (κ1) is 12.5. The third kappa shape index (κ3) is 1.64. The second-order valence-corrected chi connectivity index (χ2v) is 4.72. The number of fused-ring (bicyclic) bond motifs is 1. The Balaban J connectivity index is 2.62. The van der Waals surface area contributed by atoms with Gasteiger partial charge in [-0.05, 0) is 18.8 Å². The minimum Gasteiger partial charge on any atom is -0.442 e. The highest BCUT2D eigenvalue weighted by molar-refractivity contribution is 5.57. The molecule has 18 heavy (non-hydrogen) atoms. The summed E-state index contributed by atoms with van der Waals surface area (Å²) in [5, 5.41) is 18.4. The maximum atomic E-state index is 9.29. The van der Waals surface area contributed by atoms with Gasteiger partial charge in [0.05, 0.1) is 5.57 Å². The molecule has 0 unspecified atom stereocenters. The third-order valence-corrected chi connectivity index (χ3v) is 3.60. The smallest absolute Gasteiger partial charge is 0.236 e. The summed E-state index contributed by atoms with van der Waals surface area (Å²) < 4.78 is 11.1. The van der Waals surface area contributed by atoms with Gasteiger partial charge in [-0.25, -0.2) is 0 Å². The summed E-state index contributed by atoms with van der Waals surface area (Å²) in [6.45, 7) is 2.11. The number of nitriles is 2. The molecular weight excluding hydrogens is 230 g/mol. The first-order valence-electron chi connectivity index (χ1n) is 5.86. The normalized spacial score (nSPS) is 31.2. The van der Waals surface area contributed by atoms with Crippen molar-refractivity contribution in [3.63, 3.8) is 0 Å². The summed E-state index contributed by atoms with van der Waals surface area (Å²) in [5.74, 6) is -0.536. The van der Waals surface area contributed by atoms with Crippen LogP contribution < -0.4 is 5.73 Å². The molecule has 94 valence electrons. The number of rotatable bonds is 1. The van der Waals surface area contributed by atoms with Crippen LogP contribution in [0.15, 0.2) is 22.6 Å². The van der Waals surface area contributed by atoms with E-state index in [9.17, 15) is 5.26 Å². The summed E-state index contributed by atoms with van der Waals surface area (Å²) in [5.41, 5.74) is 6.91. The summed E-state index contributed by atoms with van der Waals surface area (Å²) in [4.78, 5) is 0. The fraction of sp³-hybridized carbons (Fsp3) is 0.538. The lowest BCUT2D eigenvalue weighted by Crippen LogP contribution is -2.45. The van der Waals surface area contributed by atoms with Crippen LogP contribution in [0.25, 0.3) is 0 Å². The van der Waals surface area contributed by atoms with Crippen molar-refractivity contribution < 1.29 is 9.47 Å². The van der Waals surface area contributed by atoms with Crippen LogP contribution in [0.1, 0.15) is 26.2 Å². The van der Waals surface area contributed by atoms with Gasteiger partial charge in [0.15, 0.2) is 0 Å². The van der Waals surface area contributed by atoms with E-state index in [1.165, 1.54) is 7.11 Å².